The fourth-order valence-electron chi connectivity index (χ4n) is 3.36. The largest absolute Gasteiger partial charge is 0.493 e. The van der Waals surface area contributed by atoms with Crippen LogP contribution in [-0.2, 0) is 0 Å². The number of nitro groups is 1. The predicted molar refractivity (Wildman–Crippen MR) is 127 cm³/mol. The molecule has 33 heavy (non-hydrogen) atoms. The summed E-state index contributed by atoms with van der Waals surface area (Å²) in [6, 6.07) is 17.3. The monoisotopic (exact) mass is 448 g/mol. The maximum absolute atomic E-state index is 12.8. The van der Waals surface area contributed by atoms with Gasteiger partial charge in [0.2, 0.25) is 5.75 Å². The van der Waals surface area contributed by atoms with Crippen molar-refractivity contribution in [3.05, 3.63) is 88.0 Å². The van der Waals surface area contributed by atoms with E-state index in [4.69, 9.17) is 14.2 Å². The van der Waals surface area contributed by atoms with Crippen LogP contribution < -0.4 is 19.1 Å². The number of nitrogens with zero attached hydrogens (tertiary/aromatic N) is 2. The molecule has 0 bridgehead atoms. The Morgan fingerprint density at radius 1 is 0.939 bits per heavy atom. The van der Waals surface area contributed by atoms with E-state index in [-0.39, 0.29) is 11.5 Å². The molecule has 0 aliphatic rings. The van der Waals surface area contributed by atoms with Gasteiger partial charge in [0.25, 0.3) is 5.69 Å². The van der Waals surface area contributed by atoms with Crippen molar-refractivity contribution in [1.29, 1.82) is 0 Å². The average Bonchev–Trinajstić information content (AvgIpc) is 2.86. The van der Waals surface area contributed by atoms with Gasteiger partial charge in [-0.2, -0.15) is 0 Å². The SMILES string of the molecule is COc1cc(C(=O)/C=C/c2ccc(N(C)c3ccccc3)c([N+](=O)[O-])c2)cc(OC)c1OC. The third-order valence-electron chi connectivity index (χ3n) is 5.08. The molecule has 0 aliphatic heterocycles. The Morgan fingerprint density at radius 2 is 1.58 bits per heavy atom. The van der Waals surface area contributed by atoms with E-state index in [1.165, 1.54) is 39.5 Å². The standard InChI is InChI=1S/C25H24N2O6/c1-26(19-8-6-5-7-9-19)20-12-10-17(14-21(20)27(29)30)11-13-22(28)18-15-23(31-2)25(33-4)24(16-18)32-3/h5-16H,1-4H3/b13-11+. The zero-order valence-corrected chi connectivity index (χ0v) is 18.8. The van der Waals surface area contributed by atoms with Crippen LogP contribution in [0.25, 0.3) is 6.08 Å². The van der Waals surface area contributed by atoms with Crippen molar-refractivity contribution in [2.45, 2.75) is 0 Å². The van der Waals surface area contributed by atoms with E-state index in [0.29, 0.717) is 34.1 Å². The van der Waals surface area contributed by atoms with Gasteiger partial charge in [0.1, 0.15) is 5.69 Å². The Bertz CT molecular complexity index is 1170. The summed E-state index contributed by atoms with van der Waals surface area (Å²) < 4.78 is 15.8. The number of carbonyl (C=O) groups is 1. The Labute approximate surface area is 191 Å². The normalized spacial score (nSPS) is 10.7. The van der Waals surface area contributed by atoms with Gasteiger partial charge in [-0.1, -0.05) is 30.3 Å². The van der Waals surface area contributed by atoms with Crippen LogP contribution in [-0.4, -0.2) is 39.1 Å². The van der Waals surface area contributed by atoms with E-state index in [1.54, 1.807) is 36.2 Å². The van der Waals surface area contributed by atoms with Gasteiger partial charge in [-0.15, -0.1) is 0 Å². The lowest BCUT2D eigenvalue weighted by Gasteiger charge is -2.19. The number of benzene rings is 3. The minimum Gasteiger partial charge on any atom is -0.493 e. The van der Waals surface area contributed by atoms with Gasteiger partial charge < -0.3 is 19.1 Å². The molecule has 3 rings (SSSR count). The van der Waals surface area contributed by atoms with Gasteiger partial charge in [0.15, 0.2) is 17.3 Å². The second kappa shape index (κ2) is 10.3. The van der Waals surface area contributed by atoms with Crippen LogP contribution in [0.1, 0.15) is 15.9 Å². The summed E-state index contributed by atoms with van der Waals surface area (Å²) in [5, 5.41) is 11.7. The summed E-state index contributed by atoms with van der Waals surface area (Å²) >= 11 is 0. The molecule has 0 atom stereocenters. The first kappa shape index (κ1) is 23.3. The molecule has 0 heterocycles. The molecule has 0 saturated heterocycles. The highest BCUT2D eigenvalue weighted by Gasteiger charge is 2.19. The number of nitro benzene ring substituents is 1. The minimum absolute atomic E-state index is 0.0660. The Kier molecular flexibility index (Phi) is 7.30. The Morgan fingerprint density at radius 3 is 2.12 bits per heavy atom. The number of hydrogen-bond donors (Lipinski definition) is 0. The number of ketones is 1. The number of ether oxygens (including phenoxy) is 3. The van der Waals surface area contributed by atoms with E-state index in [1.807, 2.05) is 30.3 Å². The summed E-state index contributed by atoms with van der Waals surface area (Å²) in [6.45, 7) is 0. The molecule has 3 aromatic carbocycles. The molecule has 0 amide bonds. The highest BCUT2D eigenvalue weighted by atomic mass is 16.6. The number of methoxy groups -OCH3 is 3. The molecular weight excluding hydrogens is 424 g/mol. The van der Waals surface area contributed by atoms with Gasteiger partial charge >= 0.3 is 0 Å². The Balaban J connectivity index is 1.91. The van der Waals surface area contributed by atoms with Gasteiger partial charge in [-0.25, -0.2) is 0 Å². The van der Waals surface area contributed by atoms with Crippen molar-refractivity contribution in [2.75, 3.05) is 33.3 Å². The molecule has 0 fully saturated rings. The second-order valence-corrected chi connectivity index (χ2v) is 7.01. The maximum atomic E-state index is 12.8. The average molecular weight is 448 g/mol. The molecule has 0 radical (unpaired) electrons. The molecule has 0 aromatic heterocycles. The van der Waals surface area contributed by atoms with Gasteiger partial charge in [-0.05, 0) is 42.0 Å². The number of para-hydroxylation sites is 1. The number of rotatable bonds is 9. The van der Waals surface area contributed by atoms with Crippen molar-refractivity contribution in [1.82, 2.24) is 0 Å². The molecule has 0 unspecified atom stereocenters. The van der Waals surface area contributed by atoms with Crippen LogP contribution in [0, 0.1) is 10.1 Å². The molecule has 0 aliphatic carbocycles. The first-order valence-electron chi connectivity index (χ1n) is 9.99. The van der Waals surface area contributed by atoms with Crippen molar-refractivity contribution in [3.8, 4) is 17.2 Å². The van der Waals surface area contributed by atoms with Gasteiger partial charge in [0.05, 0.1) is 26.3 Å². The van der Waals surface area contributed by atoms with Crippen LogP contribution in [0.2, 0.25) is 0 Å². The summed E-state index contributed by atoms with van der Waals surface area (Å²) in [6.07, 6.45) is 2.88. The molecule has 170 valence electrons. The van der Waals surface area contributed by atoms with Crippen LogP contribution in [0.3, 0.4) is 0 Å². The molecule has 0 spiro atoms. The quantitative estimate of drug-likeness (QED) is 0.190. The minimum atomic E-state index is -0.437. The number of allylic oxidation sites excluding steroid dienone is 1. The first-order chi connectivity index (χ1) is 15.9. The van der Waals surface area contributed by atoms with E-state index >= 15 is 0 Å². The Hall–Kier alpha value is -4.33. The van der Waals surface area contributed by atoms with E-state index in [0.717, 1.165) is 5.69 Å². The summed E-state index contributed by atoms with van der Waals surface area (Å²) in [7, 11) is 6.18. The smallest absolute Gasteiger partial charge is 0.293 e. The van der Waals surface area contributed by atoms with Gasteiger partial charge in [0, 0.05) is 24.4 Å². The number of anilines is 2. The number of carbonyl (C=O) groups excluding carboxylic acids is 1. The third kappa shape index (κ3) is 5.12. The van der Waals surface area contributed by atoms with E-state index in [9.17, 15) is 14.9 Å². The molecular formula is C25H24N2O6. The third-order valence-corrected chi connectivity index (χ3v) is 5.08. The van der Waals surface area contributed by atoms with Gasteiger partial charge in [-0.3, -0.25) is 14.9 Å². The maximum Gasteiger partial charge on any atom is 0.293 e. The summed E-state index contributed by atoms with van der Waals surface area (Å²) in [5.41, 5.74) is 2.05. The lowest BCUT2D eigenvalue weighted by molar-refractivity contribution is -0.384. The fraction of sp³-hybridized carbons (Fsp3) is 0.160. The topological polar surface area (TPSA) is 91.1 Å². The zero-order chi connectivity index (χ0) is 24.0. The van der Waals surface area contributed by atoms with Crippen molar-refractivity contribution >= 4 is 28.9 Å². The van der Waals surface area contributed by atoms with Crippen LogP contribution in [0.4, 0.5) is 17.1 Å². The molecule has 8 nitrogen and oxygen atoms in total. The molecule has 0 saturated carbocycles. The highest BCUT2D eigenvalue weighted by Crippen LogP contribution is 2.38. The number of hydrogen-bond acceptors (Lipinski definition) is 7. The van der Waals surface area contributed by atoms with Crippen LogP contribution in [0.15, 0.2) is 66.7 Å². The fourth-order valence-corrected chi connectivity index (χ4v) is 3.36. The van der Waals surface area contributed by atoms with Crippen molar-refractivity contribution < 1.29 is 23.9 Å². The van der Waals surface area contributed by atoms with Crippen molar-refractivity contribution in [3.63, 3.8) is 0 Å². The zero-order valence-electron chi connectivity index (χ0n) is 18.8. The summed E-state index contributed by atoms with van der Waals surface area (Å²) in [4.78, 5) is 25.8. The second-order valence-electron chi connectivity index (χ2n) is 7.01. The molecule has 0 N–H and O–H groups in total. The van der Waals surface area contributed by atoms with E-state index in [2.05, 4.69) is 0 Å². The van der Waals surface area contributed by atoms with Crippen LogP contribution in [0.5, 0.6) is 17.2 Å². The van der Waals surface area contributed by atoms with Crippen molar-refractivity contribution in [2.24, 2.45) is 0 Å². The van der Waals surface area contributed by atoms with E-state index < -0.39 is 4.92 Å². The summed E-state index contributed by atoms with van der Waals surface area (Å²) in [5.74, 6) is 0.784. The molecule has 3 aromatic rings. The lowest BCUT2D eigenvalue weighted by Crippen LogP contribution is -2.11. The lowest BCUT2D eigenvalue weighted by atomic mass is 10.1. The highest BCUT2D eigenvalue weighted by molar-refractivity contribution is 6.07. The molecule has 8 heteroatoms. The van der Waals surface area contributed by atoms with Crippen LogP contribution >= 0.6 is 0 Å². The predicted octanol–water partition coefficient (Wildman–Crippen LogP) is 5.28. The first-order valence-corrected chi connectivity index (χ1v) is 9.99.